The van der Waals surface area contributed by atoms with Crippen LogP contribution >= 0.6 is 0 Å². The highest BCUT2D eigenvalue weighted by atomic mass is 15.1. The van der Waals surface area contributed by atoms with Crippen molar-refractivity contribution in [1.82, 2.24) is 9.97 Å². The first-order valence-electron chi connectivity index (χ1n) is 8.14. The fourth-order valence-corrected chi connectivity index (χ4v) is 2.78. The Bertz CT molecular complexity index is 399. The van der Waals surface area contributed by atoms with E-state index in [9.17, 15) is 0 Å². The first-order valence-corrected chi connectivity index (χ1v) is 8.14. The van der Waals surface area contributed by atoms with Crippen molar-refractivity contribution in [1.29, 1.82) is 0 Å². The summed E-state index contributed by atoms with van der Waals surface area (Å²) in [5.41, 5.74) is 0. The predicted octanol–water partition coefficient (Wildman–Crippen LogP) is 4.13. The van der Waals surface area contributed by atoms with Crippen LogP contribution in [0.25, 0.3) is 0 Å². The van der Waals surface area contributed by atoms with Gasteiger partial charge >= 0.3 is 0 Å². The molecule has 112 valence electrons. The molecule has 4 nitrogen and oxygen atoms in total. The van der Waals surface area contributed by atoms with Crippen molar-refractivity contribution >= 4 is 11.6 Å². The van der Waals surface area contributed by atoms with E-state index in [-0.39, 0.29) is 0 Å². The van der Waals surface area contributed by atoms with E-state index in [2.05, 4.69) is 27.5 Å². The molecule has 1 heterocycles. The molecule has 0 saturated heterocycles. The number of hydrogen-bond donors (Lipinski definition) is 2. The van der Waals surface area contributed by atoms with Crippen molar-refractivity contribution in [3.8, 4) is 0 Å². The number of aryl methyl sites for hydroxylation is 1. The minimum absolute atomic E-state index is 0.589. The maximum absolute atomic E-state index is 4.51. The van der Waals surface area contributed by atoms with E-state index >= 15 is 0 Å². The van der Waals surface area contributed by atoms with Crippen molar-refractivity contribution in [2.24, 2.45) is 0 Å². The molecule has 0 spiro atoms. The summed E-state index contributed by atoms with van der Waals surface area (Å²) in [4.78, 5) is 8.97. The molecule has 0 aliphatic heterocycles. The van der Waals surface area contributed by atoms with Gasteiger partial charge in [0, 0.05) is 18.7 Å². The molecule has 1 saturated carbocycles. The normalized spacial score (nSPS) is 16.1. The van der Waals surface area contributed by atoms with Gasteiger partial charge in [0.25, 0.3) is 0 Å². The number of nitrogens with one attached hydrogen (secondary N) is 2. The zero-order valence-corrected chi connectivity index (χ0v) is 12.9. The van der Waals surface area contributed by atoms with Gasteiger partial charge in [0.05, 0.1) is 0 Å². The second kappa shape index (κ2) is 8.08. The molecule has 0 atom stereocenters. The van der Waals surface area contributed by atoms with Crippen molar-refractivity contribution in [2.45, 2.75) is 71.3 Å². The van der Waals surface area contributed by atoms with Crippen molar-refractivity contribution in [3.63, 3.8) is 0 Å². The summed E-state index contributed by atoms with van der Waals surface area (Å²) in [5, 5.41) is 6.98. The lowest BCUT2D eigenvalue weighted by molar-refractivity contribution is 0.462. The summed E-state index contributed by atoms with van der Waals surface area (Å²) in [6, 6.07) is 2.64. The molecule has 0 aromatic carbocycles. The Morgan fingerprint density at radius 2 is 1.85 bits per heavy atom. The van der Waals surface area contributed by atoms with Gasteiger partial charge in [-0.25, -0.2) is 9.97 Å². The summed E-state index contributed by atoms with van der Waals surface area (Å²) in [7, 11) is 0. The third kappa shape index (κ3) is 4.99. The Hall–Kier alpha value is -1.32. The smallest absolute Gasteiger partial charge is 0.132 e. The van der Waals surface area contributed by atoms with Crippen molar-refractivity contribution in [2.75, 3.05) is 17.2 Å². The average molecular weight is 276 g/mol. The Kier molecular flexibility index (Phi) is 6.09. The molecule has 1 aliphatic rings. The maximum Gasteiger partial charge on any atom is 0.132 e. The molecule has 4 heteroatoms. The Morgan fingerprint density at radius 3 is 2.60 bits per heavy atom. The van der Waals surface area contributed by atoms with E-state index in [0.29, 0.717) is 6.04 Å². The van der Waals surface area contributed by atoms with Crippen LogP contribution in [0.4, 0.5) is 11.6 Å². The molecular formula is C16H28N4. The first-order chi connectivity index (χ1) is 9.78. The van der Waals surface area contributed by atoms with Gasteiger partial charge in [-0.2, -0.15) is 0 Å². The predicted molar refractivity (Wildman–Crippen MR) is 85.3 cm³/mol. The number of rotatable bonds is 7. The SMILES string of the molecule is CCCCCNc1cc(NC2CCCCC2)nc(C)n1. The zero-order valence-electron chi connectivity index (χ0n) is 12.9. The van der Waals surface area contributed by atoms with E-state index in [0.717, 1.165) is 24.0 Å². The number of anilines is 2. The molecule has 0 bridgehead atoms. The van der Waals surface area contributed by atoms with Crippen LogP contribution < -0.4 is 10.6 Å². The lowest BCUT2D eigenvalue weighted by Crippen LogP contribution is -2.23. The molecule has 0 amide bonds. The second-order valence-electron chi connectivity index (χ2n) is 5.80. The minimum atomic E-state index is 0.589. The second-order valence-corrected chi connectivity index (χ2v) is 5.80. The summed E-state index contributed by atoms with van der Waals surface area (Å²) in [6.07, 6.45) is 10.3. The number of hydrogen-bond acceptors (Lipinski definition) is 4. The first kappa shape index (κ1) is 15.1. The third-order valence-corrected chi connectivity index (χ3v) is 3.88. The summed E-state index contributed by atoms with van der Waals surface area (Å²) in [6.45, 7) is 5.18. The van der Waals surface area contributed by atoms with E-state index in [1.54, 1.807) is 0 Å². The van der Waals surface area contributed by atoms with Crippen LogP contribution in [0.5, 0.6) is 0 Å². The lowest BCUT2D eigenvalue weighted by Gasteiger charge is -2.23. The summed E-state index contributed by atoms with van der Waals surface area (Å²) >= 11 is 0. The van der Waals surface area contributed by atoms with E-state index in [4.69, 9.17) is 0 Å². The topological polar surface area (TPSA) is 49.8 Å². The van der Waals surface area contributed by atoms with Gasteiger partial charge in [-0.3, -0.25) is 0 Å². The monoisotopic (exact) mass is 276 g/mol. The van der Waals surface area contributed by atoms with Gasteiger partial charge in [-0.05, 0) is 26.2 Å². The number of unbranched alkanes of at least 4 members (excludes halogenated alkanes) is 2. The fourth-order valence-electron chi connectivity index (χ4n) is 2.78. The van der Waals surface area contributed by atoms with Crippen LogP contribution in [0.2, 0.25) is 0 Å². The van der Waals surface area contributed by atoms with Gasteiger partial charge in [0.2, 0.25) is 0 Å². The molecule has 1 aromatic heterocycles. The van der Waals surface area contributed by atoms with Crippen LogP contribution in [0, 0.1) is 6.92 Å². The number of nitrogens with zero attached hydrogens (tertiary/aromatic N) is 2. The van der Waals surface area contributed by atoms with Crippen LogP contribution in [-0.2, 0) is 0 Å². The maximum atomic E-state index is 4.51. The van der Waals surface area contributed by atoms with Crippen LogP contribution in [0.3, 0.4) is 0 Å². The molecule has 2 rings (SSSR count). The Labute approximate surface area is 122 Å². The van der Waals surface area contributed by atoms with Gasteiger partial charge < -0.3 is 10.6 Å². The molecule has 20 heavy (non-hydrogen) atoms. The van der Waals surface area contributed by atoms with Crippen molar-refractivity contribution in [3.05, 3.63) is 11.9 Å². The van der Waals surface area contributed by atoms with Gasteiger partial charge in [0.1, 0.15) is 17.5 Å². The molecule has 0 radical (unpaired) electrons. The number of aromatic nitrogens is 2. The van der Waals surface area contributed by atoms with Crippen molar-refractivity contribution < 1.29 is 0 Å². The average Bonchev–Trinajstić information content (AvgIpc) is 2.44. The molecule has 1 aliphatic carbocycles. The quantitative estimate of drug-likeness (QED) is 0.735. The third-order valence-electron chi connectivity index (χ3n) is 3.88. The van der Waals surface area contributed by atoms with Gasteiger partial charge in [-0.15, -0.1) is 0 Å². The lowest BCUT2D eigenvalue weighted by atomic mass is 9.95. The van der Waals surface area contributed by atoms with E-state index < -0.39 is 0 Å². The Morgan fingerprint density at radius 1 is 1.10 bits per heavy atom. The molecule has 2 N–H and O–H groups in total. The zero-order chi connectivity index (χ0) is 14.2. The van der Waals surface area contributed by atoms with Crippen LogP contribution in [0.15, 0.2) is 6.07 Å². The Balaban J connectivity index is 1.89. The molecule has 0 unspecified atom stereocenters. The summed E-state index contributed by atoms with van der Waals surface area (Å²) < 4.78 is 0. The highest BCUT2D eigenvalue weighted by Crippen LogP contribution is 2.21. The standard InChI is InChI=1S/C16H28N4/c1-3-4-8-11-17-15-12-16(19-13(2)18-15)20-14-9-6-5-7-10-14/h12,14H,3-11H2,1-2H3,(H2,17,18,19,20). The fraction of sp³-hybridized carbons (Fsp3) is 0.750. The molecular weight excluding hydrogens is 248 g/mol. The van der Waals surface area contributed by atoms with E-state index in [1.165, 1.54) is 51.4 Å². The van der Waals surface area contributed by atoms with E-state index in [1.807, 2.05) is 13.0 Å². The molecule has 1 aromatic rings. The van der Waals surface area contributed by atoms with Gasteiger partial charge in [0.15, 0.2) is 0 Å². The van der Waals surface area contributed by atoms with Gasteiger partial charge in [-0.1, -0.05) is 39.0 Å². The highest BCUT2D eigenvalue weighted by molar-refractivity contribution is 5.48. The molecule has 1 fully saturated rings. The largest absolute Gasteiger partial charge is 0.370 e. The van der Waals surface area contributed by atoms with Crippen LogP contribution in [-0.4, -0.2) is 22.6 Å². The highest BCUT2D eigenvalue weighted by Gasteiger charge is 2.14. The van der Waals surface area contributed by atoms with Crippen LogP contribution in [0.1, 0.15) is 64.1 Å². The summed E-state index contributed by atoms with van der Waals surface area (Å²) in [5.74, 6) is 2.76. The minimum Gasteiger partial charge on any atom is -0.370 e.